The van der Waals surface area contributed by atoms with E-state index in [0.717, 1.165) is 19.3 Å². The van der Waals surface area contributed by atoms with Crippen molar-refractivity contribution >= 4 is 30.8 Å². The van der Waals surface area contributed by atoms with Gasteiger partial charge in [-0.3, -0.25) is 13.9 Å². The molecule has 3 aromatic rings. The quantitative estimate of drug-likeness (QED) is 0.198. The van der Waals surface area contributed by atoms with E-state index in [1.165, 1.54) is 24.7 Å². The van der Waals surface area contributed by atoms with Crippen molar-refractivity contribution in [3.05, 3.63) is 36.7 Å². The number of hydrogen-bond acceptors (Lipinski definition) is 13. The lowest BCUT2D eigenvalue weighted by Crippen LogP contribution is -2.40. The molecule has 1 aliphatic heterocycles. The molecule has 16 heteroatoms. The fourth-order valence-corrected chi connectivity index (χ4v) is 6.26. The van der Waals surface area contributed by atoms with E-state index in [4.69, 9.17) is 29.0 Å². The van der Waals surface area contributed by atoms with Gasteiger partial charge in [-0.25, -0.2) is 9.55 Å². The van der Waals surface area contributed by atoms with Crippen LogP contribution in [0.3, 0.4) is 0 Å². The molecule has 4 N–H and O–H groups in total. The van der Waals surface area contributed by atoms with Crippen LogP contribution in [0.15, 0.2) is 36.7 Å². The fraction of sp³-hybridized carbons (Fsp3) is 0.519. The largest absolute Gasteiger partial charge is 0.476 e. The summed E-state index contributed by atoms with van der Waals surface area (Å²) in [6, 6.07) is 9.37. The van der Waals surface area contributed by atoms with E-state index in [-0.39, 0.29) is 29.3 Å². The van der Waals surface area contributed by atoms with Gasteiger partial charge in [0.15, 0.2) is 17.4 Å². The summed E-state index contributed by atoms with van der Waals surface area (Å²) in [6.45, 7) is 4.62. The normalized spacial score (nSPS) is 25.8. The van der Waals surface area contributed by atoms with Gasteiger partial charge in [-0.05, 0) is 52.2 Å². The molecule has 2 aromatic heterocycles. The van der Waals surface area contributed by atoms with Crippen LogP contribution < -0.4 is 20.1 Å². The zero-order valence-electron chi connectivity index (χ0n) is 24.0. The molecule has 0 amide bonds. The summed E-state index contributed by atoms with van der Waals surface area (Å²) in [6.07, 6.45) is 0.0984. The molecule has 1 unspecified atom stereocenters. The number of nitrogens with two attached hydrogens (primary N) is 1. The first-order chi connectivity index (χ1) is 20.6. The molecule has 2 aliphatic rings. The van der Waals surface area contributed by atoms with Crippen LogP contribution in [0.1, 0.15) is 46.3 Å². The Kier molecular flexibility index (Phi) is 8.86. The molecule has 1 saturated carbocycles. The summed E-state index contributed by atoms with van der Waals surface area (Å²) < 4.78 is 44.0. The number of anilines is 1. The van der Waals surface area contributed by atoms with Gasteiger partial charge in [0, 0.05) is 0 Å². The van der Waals surface area contributed by atoms with Gasteiger partial charge in [-0.2, -0.15) is 20.3 Å². The van der Waals surface area contributed by atoms with E-state index < -0.39 is 50.2 Å². The van der Waals surface area contributed by atoms with Crippen LogP contribution >= 0.6 is 7.75 Å². The summed E-state index contributed by atoms with van der Waals surface area (Å²) in [7, 11) is -4.25. The maximum atomic E-state index is 14.0. The lowest BCUT2D eigenvalue weighted by Gasteiger charge is -2.28. The SMILES string of the molecule is CCOc1nc(N)nc2c1ncn2[C@@H]1O[C@H](COP(=O)(N[C@@H](C)C(=O)OC2CCC2)Oc2ccccc2)[C@@H](O)[C@@]1(C)C#N. The molecule has 3 heterocycles. The molecular weight excluding hydrogens is 581 g/mol. The van der Waals surface area contributed by atoms with Crippen LogP contribution in [-0.2, 0) is 23.4 Å². The zero-order valence-corrected chi connectivity index (χ0v) is 24.8. The van der Waals surface area contributed by atoms with Crippen molar-refractivity contribution < 1.29 is 37.7 Å². The second-order valence-electron chi connectivity index (χ2n) is 10.5. The smallest absolute Gasteiger partial charge is 0.459 e. The molecule has 230 valence electrons. The van der Waals surface area contributed by atoms with E-state index >= 15 is 0 Å². The van der Waals surface area contributed by atoms with Gasteiger partial charge in [0.2, 0.25) is 11.8 Å². The van der Waals surface area contributed by atoms with Crippen LogP contribution in [0.5, 0.6) is 11.6 Å². The van der Waals surface area contributed by atoms with E-state index in [9.17, 15) is 19.7 Å². The third-order valence-electron chi connectivity index (χ3n) is 7.38. The average molecular weight is 616 g/mol. The van der Waals surface area contributed by atoms with Gasteiger partial charge < -0.3 is 29.6 Å². The Morgan fingerprint density at radius 1 is 1.35 bits per heavy atom. The molecule has 0 bridgehead atoms. The number of esters is 1. The molecule has 5 rings (SSSR count). The van der Waals surface area contributed by atoms with Crippen LogP contribution in [0.2, 0.25) is 0 Å². The van der Waals surface area contributed by atoms with Gasteiger partial charge in [0.05, 0.1) is 25.6 Å². The lowest BCUT2D eigenvalue weighted by molar-refractivity contribution is -0.154. The lowest BCUT2D eigenvalue weighted by atomic mass is 9.84. The van der Waals surface area contributed by atoms with Crippen molar-refractivity contribution in [2.45, 2.75) is 70.6 Å². The maximum absolute atomic E-state index is 14.0. The number of nitrogens with zero attached hydrogens (tertiary/aromatic N) is 5. The number of imidazole rings is 1. The van der Waals surface area contributed by atoms with Crippen LogP contribution in [0.4, 0.5) is 5.95 Å². The zero-order chi connectivity index (χ0) is 30.8. The topological polar surface area (TPSA) is 206 Å². The third kappa shape index (κ3) is 6.29. The highest BCUT2D eigenvalue weighted by Crippen LogP contribution is 2.49. The van der Waals surface area contributed by atoms with Gasteiger partial charge in [-0.1, -0.05) is 18.2 Å². The predicted octanol–water partition coefficient (Wildman–Crippen LogP) is 2.87. The van der Waals surface area contributed by atoms with E-state index in [0.29, 0.717) is 12.1 Å². The van der Waals surface area contributed by atoms with Crippen molar-refractivity contribution in [2.24, 2.45) is 5.41 Å². The number of para-hydroxylation sites is 1. The minimum Gasteiger partial charge on any atom is -0.476 e. The standard InChI is InChI=1S/C27H34N7O8P/c1-4-38-23-20-22(31-26(29)32-23)34(15-30-20)25-27(3,14-28)21(35)19(41-25)13-39-43(37,42-18-9-6-5-7-10-18)33-16(2)24(36)40-17-11-8-12-17/h5-7,9-10,15-17,19,21,25,35H,4,8,11-13H2,1-3H3,(H,33,37)(H2,29,31,32)/t16-,19+,21+,25+,27+,43?/m0/s1. The second kappa shape index (κ2) is 12.4. The number of aliphatic hydroxyl groups is 1. The Morgan fingerprint density at radius 2 is 2.09 bits per heavy atom. The summed E-state index contributed by atoms with van der Waals surface area (Å²) in [5.74, 6) is -0.294. The molecule has 6 atom stereocenters. The minimum absolute atomic E-state index is 0.0789. The molecule has 0 spiro atoms. The highest BCUT2D eigenvalue weighted by Gasteiger charge is 2.56. The number of nitrogen functional groups attached to an aromatic ring is 1. The first kappa shape index (κ1) is 30.7. The fourth-order valence-electron chi connectivity index (χ4n) is 4.76. The number of rotatable bonds is 12. The number of ether oxygens (including phenoxy) is 3. The van der Waals surface area contributed by atoms with Gasteiger partial charge in [-0.15, -0.1) is 0 Å². The number of carbonyl (C=O) groups is 1. The second-order valence-corrected chi connectivity index (χ2v) is 12.2. The number of hydrogen-bond donors (Lipinski definition) is 3. The Balaban J connectivity index is 1.37. The van der Waals surface area contributed by atoms with Gasteiger partial charge >= 0.3 is 13.7 Å². The number of carbonyl (C=O) groups excluding carboxylic acids is 1. The molecule has 0 radical (unpaired) electrons. The summed E-state index contributed by atoms with van der Waals surface area (Å²) in [5.41, 5.74) is 4.89. The Labute approximate surface area is 247 Å². The van der Waals surface area contributed by atoms with Crippen LogP contribution in [0.25, 0.3) is 11.2 Å². The Hall–Kier alpha value is -3.80. The Morgan fingerprint density at radius 3 is 2.74 bits per heavy atom. The number of benzene rings is 1. The molecule has 1 aliphatic carbocycles. The predicted molar refractivity (Wildman–Crippen MR) is 151 cm³/mol. The molecule has 1 aromatic carbocycles. The first-order valence-corrected chi connectivity index (χ1v) is 15.5. The molecule has 1 saturated heterocycles. The summed E-state index contributed by atoms with van der Waals surface area (Å²) in [5, 5.41) is 24.1. The van der Waals surface area contributed by atoms with E-state index in [2.05, 4.69) is 26.1 Å². The van der Waals surface area contributed by atoms with Gasteiger partial charge in [0.1, 0.15) is 35.5 Å². The number of nitrogens with one attached hydrogen (secondary N) is 1. The third-order valence-corrected chi connectivity index (χ3v) is 9.03. The van der Waals surface area contributed by atoms with Crippen molar-refractivity contribution in [1.82, 2.24) is 24.6 Å². The number of nitriles is 1. The summed E-state index contributed by atoms with van der Waals surface area (Å²) in [4.78, 5) is 25.3. The monoisotopic (exact) mass is 615 g/mol. The summed E-state index contributed by atoms with van der Waals surface area (Å²) >= 11 is 0. The number of aliphatic hydroxyl groups excluding tert-OH is 1. The maximum Gasteiger partial charge on any atom is 0.459 e. The molecule has 15 nitrogen and oxygen atoms in total. The van der Waals surface area contributed by atoms with E-state index in [1.807, 2.05) is 0 Å². The van der Waals surface area contributed by atoms with Crippen molar-refractivity contribution in [3.8, 4) is 17.7 Å². The molecule has 43 heavy (non-hydrogen) atoms. The van der Waals surface area contributed by atoms with Crippen molar-refractivity contribution in [3.63, 3.8) is 0 Å². The van der Waals surface area contributed by atoms with Crippen LogP contribution in [0, 0.1) is 16.7 Å². The molecule has 2 fully saturated rings. The highest BCUT2D eigenvalue weighted by atomic mass is 31.2. The Bertz CT molecular complexity index is 1550. The van der Waals surface area contributed by atoms with E-state index in [1.54, 1.807) is 37.3 Å². The first-order valence-electron chi connectivity index (χ1n) is 13.9. The van der Waals surface area contributed by atoms with Crippen molar-refractivity contribution in [2.75, 3.05) is 18.9 Å². The van der Waals surface area contributed by atoms with Gasteiger partial charge in [0.25, 0.3) is 0 Å². The van der Waals surface area contributed by atoms with Crippen LogP contribution in [-0.4, -0.2) is 68.2 Å². The number of fused-ring (bicyclic) bond motifs is 1. The minimum atomic E-state index is -4.25. The van der Waals surface area contributed by atoms with Crippen molar-refractivity contribution in [1.29, 1.82) is 5.26 Å². The average Bonchev–Trinajstić information content (AvgIpc) is 3.48. The number of aromatic nitrogens is 4. The molecular formula is C27H34N7O8P. The highest BCUT2D eigenvalue weighted by molar-refractivity contribution is 7.52.